The Morgan fingerprint density at radius 1 is 1.07 bits per heavy atom. The number of fused-ring (bicyclic) bond motifs is 1. The van der Waals surface area contributed by atoms with Gasteiger partial charge in [0.05, 0.1) is 25.4 Å². The summed E-state index contributed by atoms with van der Waals surface area (Å²) in [5, 5.41) is 24.2. The summed E-state index contributed by atoms with van der Waals surface area (Å²) in [7, 11) is 3.14. The molecule has 0 atom stereocenters. The van der Waals surface area contributed by atoms with Gasteiger partial charge in [-0.05, 0) is 26.0 Å². The summed E-state index contributed by atoms with van der Waals surface area (Å²) in [6.45, 7) is 3.68. The van der Waals surface area contributed by atoms with Crippen LogP contribution >= 0.6 is 0 Å². The van der Waals surface area contributed by atoms with Crippen molar-refractivity contribution in [3.63, 3.8) is 0 Å². The number of aromatic nitrogens is 3. The maximum Gasteiger partial charge on any atom is 0.189 e. The number of anilines is 1. The van der Waals surface area contributed by atoms with Crippen LogP contribution in [0.1, 0.15) is 19.7 Å². The first-order valence-corrected chi connectivity index (χ1v) is 8.74. The van der Waals surface area contributed by atoms with E-state index in [4.69, 9.17) is 14.9 Å². The highest BCUT2D eigenvalue weighted by Crippen LogP contribution is 2.43. The van der Waals surface area contributed by atoms with Gasteiger partial charge < -0.3 is 19.5 Å². The minimum Gasteiger partial charge on any atom is -0.509 e. The van der Waals surface area contributed by atoms with Crippen LogP contribution in [-0.4, -0.2) is 45.3 Å². The molecule has 0 fully saturated rings. The van der Waals surface area contributed by atoms with E-state index in [-0.39, 0.29) is 11.6 Å². The smallest absolute Gasteiger partial charge is 0.189 e. The number of benzene rings is 1. The van der Waals surface area contributed by atoms with Crippen LogP contribution in [0.5, 0.6) is 11.5 Å². The number of hydrogen-bond donors (Lipinski definition) is 2. The lowest BCUT2D eigenvalue weighted by Gasteiger charge is -2.33. The first kappa shape index (κ1) is 17.8. The normalized spacial score (nSPS) is 16.1. The third-order valence-electron chi connectivity index (χ3n) is 4.90. The molecule has 0 saturated heterocycles. The molecule has 0 unspecified atom stereocenters. The Morgan fingerprint density at radius 3 is 2.36 bits per heavy atom. The summed E-state index contributed by atoms with van der Waals surface area (Å²) in [5.74, 6) is 1.64. The van der Waals surface area contributed by atoms with Gasteiger partial charge in [0.15, 0.2) is 11.5 Å². The largest absolute Gasteiger partial charge is 0.509 e. The van der Waals surface area contributed by atoms with Crippen LogP contribution in [0.15, 0.2) is 48.4 Å². The van der Waals surface area contributed by atoms with E-state index < -0.39 is 5.54 Å². The molecule has 2 N–H and O–H groups in total. The number of aliphatic hydroxyl groups is 1. The third kappa shape index (κ3) is 2.57. The number of nitrogens with zero attached hydrogens (tertiary/aromatic N) is 4. The van der Waals surface area contributed by atoms with Gasteiger partial charge in [-0.1, -0.05) is 6.07 Å². The van der Waals surface area contributed by atoms with Crippen LogP contribution in [-0.2, 0) is 0 Å². The van der Waals surface area contributed by atoms with E-state index >= 15 is 0 Å². The van der Waals surface area contributed by atoms with Crippen molar-refractivity contribution >= 4 is 22.7 Å². The van der Waals surface area contributed by atoms with Crippen molar-refractivity contribution in [2.45, 2.75) is 19.4 Å². The number of aliphatic hydroxyl groups excluding tert-OH is 1. The fourth-order valence-corrected chi connectivity index (χ4v) is 3.44. The van der Waals surface area contributed by atoms with E-state index in [1.54, 1.807) is 48.0 Å². The molecule has 144 valence electrons. The molecule has 28 heavy (non-hydrogen) atoms. The molecule has 0 spiro atoms. The van der Waals surface area contributed by atoms with Gasteiger partial charge in [-0.25, -0.2) is 9.50 Å². The number of pyridine rings is 1. The zero-order valence-corrected chi connectivity index (χ0v) is 16.1. The zero-order valence-electron chi connectivity index (χ0n) is 16.1. The number of methoxy groups -OCH3 is 2. The highest BCUT2D eigenvalue weighted by Gasteiger charge is 2.46. The average Bonchev–Trinajstić information content (AvgIpc) is 3.17. The second-order valence-electron chi connectivity index (χ2n) is 6.98. The predicted octanol–water partition coefficient (Wildman–Crippen LogP) is 3.29. The van der Waals surface area contributed by atoms with Gasteiger partial charge in [0.1, 0.15) is 28.7 Å². The summed E-state index contributed by atoms with van der Waals surface area (Å²) >= 11 is 0. The van der Waals surface area contributed by atoms with E-state index in [1.165, 1.54) is 0 Å². The van der Waals surface area contributed by atoms with E-state index in [1.807, 2.05) is 32.0 Å². The molecule has 0 radical (unpaired) electrons. The third-order valence-corrected chi connectivity index (χ3v) is 4.90. The summed E-state index contributed by atoms with van der Waals surface area (Å²) < 4.78 is 12.3. The first-order chi connectivity index (χ1) is 13.4. The fraction of sp³-hybridized carbons (Fsp3) is 0.250. The number of ether oxygens (including phenoxy) is 2. The average molecular weight is 379 g/mol. The van der Waals surface area contributed by atoms with Crippen molar-refractivity contribution in [3.05, 3.63) is 54.2 Å². The minimum absolute atomic E-state index is 0.0372. The Hall–Kier alpha value is -3.55. The Kier molecular flexibility index (Phi) is 3.99. The lowest BCUT2D eigenvalue weighted by Crippen LogP contribution is -2.43. The lowest BCUT2D eigenvalue weighted by atomic mass is 10.0. The van der Waals surface area contributed by atoms with Crippen molar-refractivity contribution in [1.29, 1.82) is 5.41 Å². The first-order valence-electron chi connectivity index (χ1n) is 8.74. The standard InChI is InChI=1S/C20H21N5O3/c1-20(2)17(26)16(19-22-15-7-5-6-8-24(15)23-19)18(21)25(20)12-9-13(27-3)11-14(10-12)28-4/h5-11,21,26H,1-4H3. The molecule has 2 aromatic heterocycles. The van der Waals surface area contributed by atoms with Gasteiger partial charge in [-0.3, -0.25) is 5.41 Å². The monoisotopic (exact) mass is 379 g/mol. The lowest BCUT2D eigenvalue weighted by molar-refractivity contribution is 0.333. The van der Waals surface area contributed by atoms with Gasteiger partial charge in [0, 0.05) is 24.4 Å². The van der Waals surface area contributed by atoms with Crippen LogP contribution in [0.25, 0.3) is 11.2 Å². The molecule has 8 heteroatoms. The van der Waals surface area contributed by atoms with Crippen LogP contribution in [0.2, 0.25) is 0 Å². The molecule has 3 aromatic rings. The van der Waals surface area contributed by atoms with Crippen molar-refractivity contribution in [1.82, 2.24) is 14.6 Å². The molecule has 0 saturated carbocycles. The van der Waals surface area contributed by atoms with Crippen LogP contribution in [0.4, 0.5) is 5.69 Å². The van der Waals surface area contributed by atoms with E-state index in [0.717, 1.165) is 0 Å². The maximum absolute atomic E-state index is 11.0. The van der Waals surface area contributed by atoms with E-state index in [9.17, 15) is 5.11 Å². The van der Waals surface area contributed by atoms with Crippen molar-refractivity contribution in [2.24, 2.45) is 0 Å². The molecule has 0 amide bonds. The quantitative estimate of drug-likeness (QED) is 0.722. The summed E-state index contributed by atoms with van der Waals surface area (Å²) in [4.78, 5) is 6.19. The van der Waals surface area contributed by atoms with Gasteiger partial charge >= 0.3 is 0 Å². The summed E-state index contributed by atoms with van der Waals surface area (Å²) in [5.41, 5.74) is 0.735. The molecule has 3 heterocycles. The van der Waals surface area contributed by atoms with E-state index in [2.05, 4.69) is 10.1 Å². The number of amidine groups is 1. The number of rotatable bonds is 4. The highest BCUT2D eigenvalue weighted by molar-refractivity contribution is 6.31. The number of nitrogens with one attached hydrogen (secondary N) is 1. The molecule has 8 nitrogen and oxygen atoms in total. The molecule has 0 aliphatic carbocycles. The molecule has 1 aliphatic heterocycles. The fourth-order valence-electron chi connectivity index (χ4n) is 3.44. The summed E-state index contributed by atoms with van der Waals surface area (Å²) in [6, 6.07) is 10.9. The van der Waals surface area contributed by atoms with Gasteiger partial charge in [-0.15, -0.1) is 5.10 Å². The molecule has 0 bridgehead atoms. The predicted molar refractivity (Wildman–Crippen MR) is 106 cm³/mol. The van der Waals surface area contributed by atoms with E-state index in [0.29, 0.717) is 34.2 Å². The Balaban J connectivity index is 1.84. The van der Waals surface area contributed by atoms with Gasteiger partial charge in [0.25, 0.3) is 0 Å². The van der Waals surface area contributed by atoms with Crippen molar-refractivity contribution in [2.75, 3.05) is 19.1 Å². The SMILES string of the molecule is COc1cc(OC)cc(N2C(=N)C(c3nc4ccccn4n3)=C(O)C2(C)C)c1. The molecular weight excluding hydrogens is 358 g/mol. The molecule has 1 aliphatic rings. The topological polar surface area (TPSA) is 96.0 Å². The minimum atomic E-state index is -0.874. The Bertz CT molecular complexity index is 1060. The molecular formula is C20H21N5O3. The number of hydrogen-bond acceptors (Lipinski definition) is 6. The Morgan fingerprint density at radius 2 is 1.75 bits per heavy atom. The van der Waals surface area contributed by atoms with Crippen molar-refractivity contribution < 1.29 is 14.6 Å². The highest BCUT2D eigenvalue weighted by atomic mass is 16.5. The summed E-state index contributed by atoms with van der Waals surface area (Å²) in [6.07, 6.45) is 1.78. The van der Waals surface area contributed by atoms with Crippen LogP contribution < -0.4 is 14.4 Å². The maximum atomic E-state index is 11.0. The van der Waals surface area contributed by atoms with Gasteiger partial charge in [-0.2, -0.15) is 0 Å². The second kappa shape index (κ2) is 6.26. The zero-order chi connectivity index (χ0) is 20.1. The molecule has 1 aromatic carbocycles. The molecule has 4 rings (SSSR count). The van der Waals surface area contributed by atoms with Crippen LogP contribution in [0.3, 0.4) is 0 Å². The van der Waals surface area contributed by atoms with Gasteiger partial charge in [0.2, 0.25) is 0 Å². The van der Waals surface area contributed by atoms with Crippen molar-refractivity contribution in [3.8, 4) is 11.5 Å². The second-order valence-corrected chi connectivity index (χ2v) is 6.98. The van der Waals surface area contributed by atoms with Crippen LogP contribution in [0, 0.1) is 5.41 Å². The Labute approximate surface area is 162 Å².